The highest BCUT2D eigenvalue weighted by molar-refractivity contribution is 5.82. The molecule has 0 aliphatic carbocycles. The number of rotatable bonds is 3. The zero-order valence-corrected chi connectivity index (χ0v) is 13.5. The number of halogens is 3. The van der Waals surface area contributed by atoms with E-state index in [1.807, 2.05) is 4.90 Å². The number of non-ortho nitro benzene ring substituents is 1. The summed E-state index contributed by atoms with van der Waals surface area (Å²) in [5.74, 6) is 0.667. The highest BCUT2D eigenvalue weighted by Gasteiger charge is 2.35. The van der Waals surface area contributed by atoms with Gasteiger partial charge in [-0.25, -0.2) is 4.98 Å². The summed E-state index contributed by atoms with van der Waals surface area (Å²) in [5, 5.41) is 11.5. The summed E-state index contributed by atoms with van der Waals surface area (Å²) in [6.07, 6.45) is -4.20. The molecule has 1 aromatic carbocycles. The van der Waals surface area contributed by atoms with E-state index in [9.17, 15) is 23.3 Å². The molecule has 0 bridgehead atoms. The Hall–Kier alpha value is -2.42. The Kier molecular flexibility index (Phi) is 4.51. The van der Waals surface area contributed by atoms with Gasteiger partial charge in [-0.1, -0.05) is 0 Å². The Morgan fingerprint density at radius 1 is 1.28 bits per heavy atom. The molecule has 2 heterocycles. The van der Waals surface area contributed by atoms with E-state index in [-0.39, 0.29) is 11.7 Å². The van der Waals surface area contributed by atoms with Crippen LogP contribution in [0.2, 0.25) is 0 Å². The fraction of sp³-hybridized carbons (Fsp3) is 0.438. The van der Waals surface area contributed by atoms with Crippen molar-refractivity contribution in [1.29, 1.82) is 0 Å². The number of nitrogens with zero attached hydrogens (tertiary/aromatic N) is 4. The van der Waals surface area contributed by atoms with Gasteiger partial charge in [0, 0.05) is 43.2 Å². The average molecular weight is 354 g/mol. The summed E-state index contributed by atoms with van der Waals surface area (Å²) in [4.78, 5) is 18.2. The topological polar surface area (TPSA) is 62.5 Å². The third kappa shape index (κ3) is 3.98. The van der Waals surface area contributed by atoms with Crippen LogP contribution in [0.3, 0.4) is 0 Å². The monoisotopic (exact) mass is 354 g/mol. The molecule has 0 amide bonds. The molecule has 1 aliphatic heterocycles. The quantitative estimate of drug-likeness (QED) is 0.626. The molecule has 1 atom stereocenters. The molecule has 1 saturated heterocycles. The molecule has 0 N–H and O–H groups in total. The Balaban J connectivity index is 1.76. The van der Waals surface area contributed by atoms with E-state index >= 15 is 0 Å². The highest BCUT2D eigenvalue weighted by Crippen LogP contribution is 2.25. The molecular formula is C16H17F3N4O2. The summed E-state index contributed by atoms with van der Waals surface area (Å²) < 4.78 is 37.7. The molecule has 25 heavy (non-hydrogen) atoms. The number of aromatic nitrogens is 1. The van der Waals surface area contributed by atoms with Crippen LogP contribution in [-0.4, -0.2) is 53.2 Å². The van der Waals surface area contributed by atoms with Crippen molar-refractivity contribution in [3.63, 3.8) is 0 Å². The third-order valence-electron chi connectivity index (χ3n) is 4.34. The Labute approximate surface area is 142 Å². The normalized spacial score (nSPS) is 19.4. The van der Waals surface area contributed by atoms with Crippen molar-refractivity contribution in [3.8, 4) is 0 Å². The second-order valence-corrected chi connectivity index (χ2v) is 6.18. The Morgan fingerprint density at radius 3 is 2.68 bits per heavy atom. The third-order valence-corrected chi connectivity index (χ3v) is 4.34. The van der Waals surface area contributed by atoms with Crippen LogP contribution in [0, 0.1) is 10.1 Å². The number of hydrogen-bond acceptors (Lipinski definition) is 5. The van der Waals surface area contributed by atoms with Gasteiger partial charge in [-0.2, -0.15) is 13.2 Å². The predicted octanol–water partition coefficient (Wildman–Crippen LogP) is 3.22. The lowest BCUT2D eigenvalue weighted by Crippen LogP contribution is -2.54. The minimum Gasteiger partial charge on any atom is -0.354 e. The van der Waals surface area contributed by atoms with Gasteiger partial charge in [0.15, 0.2) is 0 Å². The zero-order chi connectivity index (χ0) is 18.2. The van der Waals surface area contributed by atoms with Crippen LogP contribution in [0.15, 0.2) is 30.3 Å². The van der Waals surface area contributed by atoms with Crippen LogP contribution in [0.1, 0.15) is 6.92 Å². The lowest BCUT2D eigenvalue weighted by Gasteiger charge is -2.40. The van der Waals surface area contributed by atoms with Crippen LogP contribution in [0.25, 0.3) is 10.9 Å². The molecule has 0 spiro atoms. The lowest BCUT2D eigenvalue weighted by molar-refractivity contribution is -0.384. The maximum absolute atomic E-state index is 12.6. The Bertz CT molecular complexity index is 797. The second kappa shape index (κ2) is 6.47. The van der Waals surface area contributed by atoms with Gasteiger partial charge >= 0.3 is 6.18 Å². The first-order valence-corrected chi connectivity index (χ1v) is 7.84. The van der Waals surface area contributed by atoms with Gasteiger partial charge in [0.25, 0.3) is 5.69 Å². The number of piperazine rings is 1. The van der Waals surface area contributed by atoms with Crippen molar-refractivity contribution in [2.75, 3.05) is 31.1 Å². The molecule has 134 valence electrons. The summed E-state index contributed by atoms with van der Waals surface area (Å²) in [6.45, 7) is 2.06. The number of hydrogen-bond donors (Lipinski definition) is 0. The number of anilines is 1. The number of fused-ring (bicyclic) bond motifs is 1. The number of nitro benzene ring substituents is 1. The van der Waals surface area contributed by atoms with E-state index in [1.54, 1.807) is 25.1 Å². The predicted molar refractivity (Wildman–Crippen MR) is 87.7 cm³/mol. The van der Waals surface area contributed by atoms with Crippen molar-refractivity contribution in [1.82, 2.24) is 9.88 Å². The van der Waals surface area contributed by atoms with E-state index in [1.165, 1.54) is 17.0 Å². The zero-order valence-electron chi connectivity index (χ0n) is 13.5. The maximum atomic E-state index is 12.6. The van der Waals surface area contributed by atoms with E-state index in [0.717, 1.165) is 0 Å². The van der Waals surface area contributed by atoms with Gasteiger partial charge in [0.1, 0.15) is 5.82 Å². The minimum absolute atomic E-state index is 0.00330. The number of alkyl halides is 3. The van der Waals surface area contributed by atoms with Crippen molar-refractivity contribution < 1.29 is 18.1 Å². The SMILES string of the molecule is CC1CN(c2ccc3cc([N+](=O)[O-])ccc3n2)CCN1CC(F)(F)F. The summed E-state index contributed by atoms with van der Waals surface area (Å²) in [7, 11) is 0. The van der Waals surface area contributed by atoms with Gasteiger partial charge in [0.2, 0.25) is 0 Å². The van der Waals surface area contributed by atoms with Crippen LogP contribution < -0.4 is 4.90 Å². The molecular weight excluding hydrogens is 337 g/mol. The maximum Gasteiger partial charge on any atom is 0.401 e. The standard InChI is InChI=1S/C16H17F3N4O2/c1-11-9-21(6-7-22(11)10-16(17,18)19)15-5-2-12-8-13(23(24)25)3-4-14(12)20-15/h2-5,8,11H,6-7,9-10H2,1H3. The van der Waals surface area contributed by atoms with Crippen LogP contribution >= 0.6 is 0 Å². The van der Waals surface area contributed by atoms with E-state index < -0.39 is 17.6 Å². The molecule has 1 aromatic heterocycles. The number of benzene rings is 1. The van der Waals surface area contributed by atoms with Gasteiger partial charge < -0.3 is 4.90 Å². The Morgan fingerprint density at radius 2 is 2.04 bits per heavy atom. The van der Waals surface area contributed by atoms with Gasteiger partial charge in [-0.3, -0.25) is 15.0 Å². The van der Waals surface area contributed by atoms with Crippen LogP contribution in [-0.2, 0) is 0 Å². The molecule has 1 aliphatic rings. The largest absolute Gasteiger partial charge is 0.401 e. The highest BCUT2D eigenvalue weighted by atomic mass is 19.4. The van der Waals surface area contributed by atoms with Gasteiger partial charge in [-0.15, -0.1) is 0 Å². The van der Waals surface area contributed by atoms with E-state index in [2.05, 4.69) is 4.98 Å². The number of nitro groups is 1. The van der Waals surface area contributed by atoms with E-state index in [0.29, 0.717) is 36.4 Å². The summed E-state index contributed by atoms with van der Waals surface area (Å²) in [5.41, 5.74) is 0.616. The minimum atomic E-state index is -4.20. The molecule has 0 saturated carbocycles. The molecule has 2 aromatic rings. The first-order valence-electron chi connectivity index (χ1n) is 7.84. The first kappa shape index (κ1) is 17.4. The first-order chi connectivity index (χ1) is 11.7. The molecule has 3 rings (SSSR count). The average Bonchev–Trinajstić information content (AvgIpc) is 2.54. The molecule has 0 radical (unpaired) electrons. The number of pyridine rings is 1. The van der Waals surface area contributed by atoms with Crippen molar-refractivity contribution in [2.45, 2.75) is 19.1 Å². The molecule has 9 heteroatoms. The van der Waals surface area contributed by atoms with Crippen molar-refractivity contribution in [3.05, 3.63) is 40.4 Å². The second-order valence-electron chi connectivity index (χ2n) is 6.18. The summed E-state index contributed by atoms with van der Waals surface area (Å²) in [6, 6.07) is 7.68. The van der Waals surface area contributed by atoms with Crippen molar-refractivity contribution in [2.24, 2.45) is 0 Å². The fourth-order valence-corrected chi connectivity index (χ4v) is 3.06. The van der Waals surface area contributed by atoms with E-state index in [4.69, 9.17) is 0 Å². The molecule has 1 fully saturated rings. The van der Waals surface area contributed by atoms with Crippen LogP contribution in [0.5, 0.6) is 0 Å². The van der Waals surface area contributed by atoms with Crippen LogP contribution in [0.4, 0.5) is 24.7 Å². The van der Waals surface area contributed by atoms with Crippen molar-refractivity contribution >= 4 is 22.4 Å². The molecule has 6 nitrogen and oxygen atoms in total. The van der Waals surface area contributed by atoms with Gasteiger partial charge in [0.05, 0.1) is 17.0 Å². The summed E-state index contributed by atoms with van der Waals surface area (Å²) >= 11 is 0. The van der Waals surface area contributed by atoms with Gasteiger partial charge in [-0.05, 0) is 25.1 Å². The lowest BCUT2D eigenvalue weighted by atomic mass is 10.1. The fourth-order valence-electron chi connectivity index (χ4n) is 3.06. The molecule has 1 unspecified atom stereocenters. The smallest absolute Gasteiger partial charge is 0.354 e.